The molecule has 2 unspecified atom stereocenters. The van der Waals surface area contributed by atoms with Crippen LogP contribution >= 0.6 is 22.9 Å². The number of hydrogen-bond donors (Lipinski definition) is 2. The van der Waals surface area contributed by atoms with Crippen LogP contribution in [0, 0.1) is 11.8 Å². The molecule has 1 aromatic heterocycles. The first-order valence-electron chi connectivity index (χ1n) is 11.3. The minimum absolute atomic E-state index is 0.0166. The summed E-state index contributed by atoms with van der Waals surface area (Å²) >= 11 is 7.61. The second kappa shape index (κ2) is 9.57. The van der Waals surface area contributed by atoms with Gasteiger partial charge in [0.25, 0.3) is 0 Å². The number of carbonyl (C=O) groups excluding carboxylic acids is 1. The van der Waals surface area contributed by atoms with Gasteiger partial charge in [-0.05, 0) is 54.7 Å². The fourth-order valence-corrected chi connectivity index (χ4v) is 5.86. The summed E-state index contributed by atoms with van der Waals surface area (Å²) in [6.45, 7) is 0. The average Bonchev–Trinajstić information content (AvgIpc) is 3.25. The predicted molar refractivity (Wildman–Crippen MR) is 137 cm³/mol. The van der Waals surface area contributed by atoms with Crippen molar-refractivity contribution in [2.45, 2.75) is 25.7 Å². The van der Waals surface area contributed by atoms with Gasteiger partial charge in [0.05, 0.1) is 21.8 Å². The smallest absolute Gasteiger partial charge is 0.306 e. The number of benzene rings is 3. The number of thiazole rings is 1. The van der Waals surface area contributed by atoms with Crippen molar-refractivity contribution in [3.8, 4) is 11.1 Å². The van der Waals surface area contributed by atoms with E-state index < -0.39 is 11.9 Å². The molecule has 172 valence electrons. The van der Waals surface area contributed by atoms with Crippen LogP contribution in [0.4, 0.5) is 10.8 Å². The van der Waals surface area contributed by atoms with E-state index in [1.807, 2.05) is 60.7 Å². The molecule has 0 aliphatic heterocycles. The zero-order valence-corrected chi connectivity index (χ0v) is 19.9. The quantitative estimate of drug-likeness (QED) is 0.274. The van der Waals surface area contributed by atoms with Crippen LogP contribution in [0.2, 0.25) is 5.02 Å². The van der Waals surface area contributed by atoms with Gasteiger partial charge in [-0.2, -0.15) is 0 Å². The van der Waals surface area contributed by atoms with Crippen LogP contribution in [0.3, 0.4) is 0 Å². The molecular weight excluding hydrogens is 468 g/mol. The minimum Gasteiger partial charge on any atom is -0.481 e. The van der Waals surface area contributed by atoms with Gasteiger partial charge in [-0.1, -0.05) is 71.8 Å². The monoisotopic (exact) mass is 490 g/mol. The molecule has 1 aliphatic rings. The summed E-state index contributed by atoms with van der Waals surface area (Å²) in [6.07, 6.45) is 2.43. The summed E-state index contributed by atoms with van der Waals surface area (Å²) < 4.78 is 0.957. The Balaban J connectivity index is 1.57. The van der Waals surface area contributed by atoms with Gasteiger partial charge >= 0.3 is 5.97 Å². The lowest BCUT2D eigenvalue weighted by Gasteiger charge is -2.27. The summed E-state index contributed by atoms with van der Waals surface area (Å²) in [5, 5.41) is 14.2. The summed E-state index contributed by atoms with van der Waals surface area (Å²) in [7, 11) is 0. The molecule has 5 nitrogen and oxygen atoms in total. The molecular formula is C27H23ClN2O3S. The third-order valence-corrected chi connectivity index (χ3v) is 7.55. The van der Waals surface area contributed by atoms with Crippen molar-refractivity contribution in [3.63, 3.8) is 0 Å². The number of anilines is 2. The Kier molecular flexibility index (Phi) is 6.35. The van der Waals surface area contributed by atoms with E-state index in [1.165, 1.54) is 11.3 Å². The maximum atomic E-state index is 13.9. The van der Waals surface area contributed by atoms with Crippen molar-refractivity contribution in [1.29, 1.82) is 0 Å². The number of nitrogens with zero attached hydrogens (tertiary/aromatic N) is 1. The zero-order valence-electron chi connectivity index (χ0n) is 18.3. The van der Waals surface area contributed by atoms with Crippen LogP contribution < -0.4 is 5.32 Å². The molecule has 0 amide bonds. The van der Waals surface area contributed by atoms with Crippen LogP contribution in [0.1, 0.15) is 36.0 Å². The van der Waals surface area contributed by atoms with Gasteiger partial charge in [-0.15, -0.1) is 0 Å². The molecule has 0 radical (unpaired) electrons. The van der Waals surface area contributed by atoms with Crippen LogP contribution in [-0.2, 0) is 4.79 Å². The molecule has 1 saturated carbocycles. The lowest BCUT2D eigenvalue weighted by atomic mass is 9.76. The SMILES string of the molecule is O=C(O)C1CCCC(C(=O)c2c(Nc3nc4ccc(Cl)cc4s3)cccc2-c2ccccc2)C1. The van der Waals surface area contributed by atoms with Crippen LogP contribution in [0.15, 0.2) is 66.7 Å². The van der Waals surface area contributed by atoms with Gasteiger partial charge in [-0.3, -0.25) is 9.59 Å². The molecule has 2 atom stereocenters. The number of Topliss-reactive ketones (excluding diaryl/α,β-unsaturated/α-hetero) is 1. The molecule has 3 aromatic carbocycles. The van der Waals surface area contributed by atoms with Crippen molar-refractivity contribution in [2.24, 2.45) is 11.8 Å². The van der Waals surface area contributed by atoms with Crippen molar-refractivity contribution in [1.82, 2.24) is 4.98 Å². The molecule has 34 heavy (non-hydrogen) atoms. The van der Waals surface area contributed by atoms with Gasteiger partial charge in [0, 0.05) is 16.5 Å². The highest BCUT2D eigenvalue weighted by Gasteiger charge is 2.33. The van der Waals surface area contributed by atoms with E-state index in [1.54, 1.807) is 6.07 Å². The van der Waals surface area contributed by atoms with Gasteiger partial charge in [0.2, 0.25) is 0 Å². The van der Waals surface area contributed by atoms with Crippen LogP contribution in [-0.4, -0.2) is 21.8 Å². The zero-order chi connectivity index (χ0) is 23.7. The van der Waals surface area contributed by atoms with Crippen molar-refractivity contribution in [3.05, 3.63) is 77.3 Å². The number of ketones is 1. The summed E-state index contributed by atoms with van der Waals surface area (Å²) in [5.41, 5.74) is 3.87. The number of hydrogen-bond acceptors (Lipinski definition) is 5. The normalized spacial score (nSPS) is 18.0. The first-order chi connectivity index (χ1) is 16.5. The summed E-state index contributed by atoms with van der Waals surface area (Å²) in [4.78, 5) is 30.2. The molecule has 0 bridgehead atoms. The van der Waals surface area contributed by atoms with Gasteiger partial charge < -0.3 is 10.4 Å². The molecule has 5 rings (SSSR count). The molecule has 7 heteroatoms. The van der Waals surface area contributed by atoms with E-state index in [0.29, 0.717) is 40.7 Å². The maximum Gasteiger partial charge on any atom is 0.306 e. The van der Waals surface area contributed by atoms with Gasteiger partial charge in [-0.25, -0.2) is 4.98 Å². The highest BCUT2D eigenvalue weighted by atomic mass is 35.5. The maximum absolute atomic E-state index is 13.9. The van der Waals surface area contributed by atoms with Crippen molar-refractivity contribution in [2.75, 3.05) is 5.32 Å². The second-order valence-electron chi connectivity index (χ2n) is 8.61. The topological polar surface area (TPSA) is 79.3 Å². The highest BCUT2D eigenvalue weighted by Crippen LogP contribution is 2.39. The minimum atomic E-state index is -0.819. The third-order valence-electron chi connectivity index (χ3n) is 6.38. The van der Waals surface area contributed by atoms with E-state index >= 15 is 0 Å². The molecule has 1 fully saturated rings. The summed E-state index contributed by atoms with van der Waals surface area (Å²) in [6, 6.07) is 21.1. The molecule has 2 N–H and O–H groups in total. The molecule has 0 spiro atoms. The summed E-state index contributed by atoms with van der Waals surface area (Å²) in [5.74, 6) is -1.64. The molecule has 1 aliphatic carbocycles. The number of nitrogens with one attached hydrogen (secondary N) is 1. The van der Waals surface area contributed by atoms with E-state index in [2.05, 4.69) is 10.3 Å². The predicted octanol–water partition coefficient (Wildman–Crippen LogP) is 7.43. The number of aliphatic carboxylic acids is 1. The Labute approximate surface area is 206 Å². The standard InChI is InChI=1S/C27H23ClN2O3S/c28-19-12-13-21-23(15-19)34-27(29-21)30-22-11-5-10-20(16-6-2-1-3-7-16)24(22)25(31)17-8-4-9-18(14-17)26(32)33/h1-3,5-7,10-13,15,17-18H,4,8-9,14H2,(H,29,30)(H,32,33). The van der Waals surface area contributed by atoms with E-state index in [0.717, 1.165) is 27.8 Å². The van der Waals surface area contributed by atoms with Crippen LogP contribution in [0.5, 0.6) is 0 Å². The fraction of sp³-hybridized carbons (Fsp3) is 0.222. The third kappa shape index (κ3) is 4.56. The number of halogens is 1. The average molecular weight is 491 g/mol. The number of carboxylic acids is 1. The van der Waals surface area contributed by atoms with Crippen LogP contribution in [0.25, 0.3) is 21.3 Å². The van der Waals surface area contributed by atoms with Gasteiger partial charge in [0.1, 0.15) is 0 Å². The Morgan fingerprint density at radius 2 is 1.79 bits per heavy atom. The first-order valence-corrected chi connectivity index (χ1v) is 12.5. The Morgan fingerprint density at radius 1 is 1.00 bits per heavy atom. The molecule has 4 aromatic rings. The van der Waals surface area contributed by atoms with E-state index in [9.17, 15) is 14.7 Å². The Hall–Kier alpha value is -3.22. The number of aromatic nitrogens is 1. The molecule has 0 saturated heterocycles. The highest BCUT2D eigenvalue weighted by molar-refractivity contribution is 7.22. The van der Waals surface area contributed by atoms with Crippen molar-refractivity contribution < 1.29 is 14.7 Å². The van der Waals surface area contributed by atoms with E-state index in [4.69, 9.17) is 11.6 Å². The Morgan fingerprint density at radius 3 is 2.59 bits per heavy atom. The lowest BCUT2D eigenvalue weighted by Crippen LogP contribution is -2.28. The molecule has 1 heterocycles. The second-order valence-corrected chi connectivity index (χ2v) is 10.1. The lowest BCUT2D eigenvalue weighted by molar-refractivity contribution is -0.143. The number of carbonyl (C=O) groups is 2. The fourth-order valence-electron chi connectivity index (χ4n) is 4.70. The number of fused-ring (bicyclic) bond motifs is 1. The largest absolute Gasteiger partial charge is 0.481 e. The number of carboxylic acid groups (broad SMARTS) is 1. The Bertz CT molecular complexity index is 1370. The van der Waals surface area contributed by atoms with Gasteiger partial charge in [0.15, 0.2) is 10.9 Å². The number of rotatable bonds is 6. The first kappa shape index (κ1) is 22.6. The van der Waals surface area contributed by atoms with Crippen molar-refractivity contribution >= 4 is 55.7 Å². The van der Waals surface area contributed by atoms with E-state index in [-0.39, 0.29) is 11.7 Å².